The van der Waals surface area contributed by atoms with Crippen molar-refractivity contribution in [3.8, 4) is 0 Å². The highest BCUT2D eigenvalue weighted by Gasteiger charge is 2.20. The number of nitrogens with one attached hydrogen (secondary N) is 1. The molecule has 0 aliphatic heterocycles. The van der Waals surface area contributed by atoms with Crippen molar-refractivity contribution >= 4 is 0 Å². The molecule has 96 valence electrons. The molecule has 0 saturated carbocycles. The van der Waals surface area contributed by atoms with E-state index in [1.165, 1.54) is 0 Å². The van der Waals surface area contributed by atoms with Crippen molar-refractivity contribution in [2.75, 3.05) is 13.1 Å². The van der Waals surface area contributed by atoms with Gasteiger partial charge in [0, 0.05) is 0 Å². The summed E-state index contributed by atoms with van der Waals surface area (Å²) in [7, 11) is 0. The largest absolute Gasteiger partial charge is 0.317 e. The van der Waals surface area contributed by atoms with Gasteiger partial charge >= 0.3 is 0 Å². The van der Waals surface area contributed by atoms with Crippen LogP contribution in [0.1, 0.15) is 44.7 Å². The molecule has 0 aromatic heterocycles. The zero-order valence-corrected chi connectivity index (χ0v) is 11.4. The van der Waals surface area contributed by atoms with Gasteiger partial charge in [-0.15, -0.1) is 0 Å². The van der Waals surface area contributed by atoms with E-state index in [1.807, 2.05) is 6.92 Å². The van der Waals surface area contributed by atoms with Crippen LogP contribution in [0.2, 0.25) is 0 Å². The van der Waals surface area contributed by atoms with Gasteiger partial charge < -0.3 is 5.32 Å². The van der Waals surface area contributed by atoms with Crippen LogP contribution in [-0.2, 0) is 5.41 Å². The van der Waals surface area contributed by atoms with Gasteiger partial charge in [0.2, 0.25) is 0 Å². The molecule has 1 N–H and O–H groups in total. The Balaban J connectivity index is 2.67. The van der Waals surface area contributed by atoms with E-state index in [2.05, 4.69) is 32.2 Å². The molecule has 1 aromatic carbocycles. The van der Waals surface area contributed by atoms with Crippen LogP contribution >= 0.6 is 0 Å². The number of benzene rings is 1. The summed E-state index contributed by atoms with van der Waals surface area (Å²) in [5, 5.41) is 3.40. The maximum absolute atomic E-state index is 13.4. The lowest BCUT2D eigenvalue weighted by Crippen LogP contribution is -2.26. The molecule has 0 bridgehead atoms. The molecule has 0 unspecified atom stereocenters. The minimum Gasteiger partial charge on any atom is -0.317 e. The fourth-order valence-corrected chi connectivity index (χ4v) is 1.97. The first kappa shape index (κ1) is 14.2. The molecule has 0 amide bonds. The molecule has 0 spiro atoms. The zero-order chi connectivity index (χ0) is 12.9. The first-order valence-electron chi connectivity index (χ1n) is 6.44. The second kappa shape index (κ2) is 6.15. The fraction of sp³-hybridized carbons (Fsp3) is 0.600. The SMILES string of the molecule is CCCNCCC(C)(C)c1cc(C)cc(F)c1. The molecule has 1 rings (SSSR count). The Morgan fingerprint density at radius 3 is 2.47 bits per heavy atom. The van der Waals surface area contributed by atoms with Crippen molar-refractivity contribution in [1.82, 2.24) is 5.32 Å². The van der Waals surface area contributed by atoms with E-state index in [-0.39, 0.29) is 11.2 Å². The number of halogens is 1. The van der Waals surface area contributed by atoms with Crippen LogP contribution in [0.5, 0.6) is 0 Å². The van der Waals surface area contributed by atoms with Crippen LogP contribution in [0, 0.1) is 12.7 Å². The van der Waals surface area contributed by atoms with Gasteiger partial charge in [-0.3, -0.25) is 0 Å². The highest BCUT2D eigenvalue weighted by atomic mass is 19.1. The van der Waals surface area contributed by atoms with Gasteiger partial charge in [0.15, 0.2) is 0 Å². The maximum Gasteiger partial charge on any atom is 0.123 e. The van der Waals surface area contributed by atoms with Gasteiger partial charge in [-0.2, -0.15) is 0 Å². The van der Waals surface area contributed by atoms with Crippen LogP contribution in [0.4, 0.5) is 4.39 Å². The highest BCUT2D eigenvalue weighted by molar-refractivity contribution is 5.29. The van der Waals surface area contributed by atoms with E-state index in [1.54, 1.807) is 12.1 Å². The van der Waals surface area contributed by atoms with Crippen LogP contribution in [0.15, 0.2) is 18.2 Å². The topological polar surface area (TPSA) is 12.0 Å². The minimum absolute atomic E-state index is 0.0214. The molecule has 1 aromatic rings. The first-order valence-corrected chi connectivity index (χ1v) is 6.44. The van der Waals surface area contributed by atoms with Crippen molar-refractivity contribution < 1.29 is 4.39 Å². The number of hydrogen-bond donors (Lipinski definition) is 1. The van der Waals surface area contributed by atoms with Crippen LogP contribution in [0.25, 0.3) is 0 Å². The van der Waals surface area contributed by atoms with E-state index in [0.717, 1.165) is 37.1 Å². The second-order valence-corrected chi connectivity index (χ2v) is 5.40. The molecule has 0 radical (unpaired) electrons. The Hall–Kier alpha value is -0.890. The lowest BCUT2D eigenvalue weighted by molar-refractivity contribution is 0.454. The molecule has 17 heavy (non-hydrogen) atoms. The van der Waals surface area contributed by atoms with E-state index >= 15 is 0 Å². The molecule has 1 nitrogen and oxygen atoms in total. The van der Waals surface area contributed by atoms with Gasteiger partial charge in [-0.05, 0) is 61.5 Å². The third-order valence-corrected chi connectivity index (χ3v) is 3.18. The summed E-state index contributed by atoms with van der Waals surface area (Å²) < 4.78 is 13.4. The van der Waals surface area contributed by atoms with Gasteiger partial charge in [0.1, 0.15) is 5.82 Å². The van der Waals surface area contributed by atoms with Crippen molar-refractivity contribution in [3.05, 3.63) is 35.1 Å². The summed E-state index contributed by atoms with van der Waals surface area (Å²) in [6.45, 7) is 10.5. The van der Waals surface area contributed by atoms with Crippen molar-refractivity contribution in [2.24, 2.45) is 0 Å². The maximum atomic E-state index is 13.4. The summed E-state index contributed by atoms with van der Waals surface area (Å²) in [6.07, 6.45) is 2.18. The molecular weight excluding hydrogens is 213 g/mol. The van der Waals surface area contributed by atoms with Gasteiger partial charge in [0.05, 0.1) is 0 Å². The molecule has 0 aliphatic carbocycles. The average Bonchev–Trinajstić information content (AvgIpc) is 2.23. The lowest BCUT2D eigenvalue weighted by Gasteiger charge is -2.26. The van der Waals surface area contributed by atoms with Crippen molar-refractivity contribution in [3.63, 3.8) is 0 Å². The van der Waals surface area contributed by atoms with E-state index in [4.69, 9.17) is 0 Å². The monoisotopic (exact) mass is 237 g/mol. The second-order valence-electron chi connectivity index (χ2n) is 5.40. The number of rotatable bonds is 6. The number of aryl methyl sites for hydroxylation is 1. The quantitative estimate of drug-likeness (QED) is 0.742. The predicted octanol–water partition coefficient (Wildman–Crippen LogP) is 3.80. The smallest absolute Gasteiger partial charge is 0.123 e. The summed E-state index contributed by atoms with van der Waals surface area (Å²) >= 11 is 0. The summed E-state index contributed by atoms with van der Waals surface area (Å²) in [6, 6.07) is 5.32. The van der Waals surface area contributed by atoms with Gasteiger partial charge in [-0.1, -0.05) is 26.8 Å². The summed E-state index contributed by atoms with van der Waals surface area (Å²) in [5.74, 6) is -0.130. The zero-order valence-electron chi connectivity index (χ0n) is 11.4. The Morgan fingerprint density at radius 1 is 1.18 bits per heavy atom. The highest BCUT2D eigenvalue weighted by Crippen LogP contribution is 2.27. The van der Waals surface area contributed by atoms with E-state index < -0.39 is 0 Å². The summed E-state index contributed by atoms with van der Waals surface area (Å²) in [5.41, 5.74) is 2.11. The Labute approximate surface area is 104 Å². The van der Waals surface area contributed by atoms with Crippen molar-refractivity contribution in [1.29, 1.82) is 0 Å². The third-order valence-electron chi connectivity index (χ3n) is 3.18. The average molecular weight is 237 g/mol. The standard InChI is InChI=1S/C15H24FN/c1-5-7-17-8-6-15(3,4)13-9-12(2)10-14(16)11-13/h9-11,17H,5-8H2,1-4H3. The van der Waals surface area contributed by atoms with Gasteiger partial charge in [0.25, 0.3) is 0 Å². The Bertz CT molecular complexity index is 338. The fourth-order valence-electron chi connectivity index (χ4n) is 1.97. The van der Waals surface area contributed by atoms with Crippen LogP contribution < -0.4 is 5.32 Å². The van der Waals surface area contributed by atoms with E-state index in [9.17, 15) is 4.39 Å². The first-order chi connectivity index (χ1) is 7.95. The number of hydrogen-bond acceptors (Lipinski definition) is 1. The van der Waals surface area contributed by atoms with Gasteiger partial charge in [-0.25, -0.2) is 4.39 Å². The van der Waals surface area contributed by atoms with Crippen LogP contribution in [-0.4, -0.2) is 13.1 Å². The molecule has 0 aliphatic rings. The molecule has 0 fully saturated rings. The normalized spacial score (nSPS) is 11.8. The Kier molecular flexibility index (Phi) is 5.13. The predicted molar refractivity (Wildman–Crippen MR) is 71.9 cm³/mol. The van der Waals surface area contributed by atoms with Crippen LogP contribution in [0.3, 0.4) is 0 Å². The lowest BCUT2D eigenvalue weighted by atomic mass is 9.81. The molecule has 0 heterocycles. The summed E-state index contributed by atoms with van der Waals surface area (Å²) in [4.78, 5) is 0. The molecule has 0 saturated heterocycles. The third kappa shape index (κ3) is 4.47. The molecule has 2 heteroatoms. The van der Waals surface area contributed by atoms with Crippen molar-refractivity contribution in [2.45, 2.75) is 46.0 Å². The molecular formula is C15H24FN. The molecule has 0 atom stereocenters. The van der Waals surface area contributed by atoms with E-state index in [0.29, 0.717) is 0 Å². The minimum atomic E-state index is -0.130. The Morgan fingerprint density at radius 2 is 1.88 bits per heavy atom.